The molecule has 1 aromatic carbocycles. The number of benzene rings is 1. The number of carbonyl (C=O) groups excluding carboxylic acids is 1. The molecule has 2 rings (SSSR count). The van der Waals surface area contributed by atoms with E-state index in [1.165, 1.54) is 6.20 Å². The minimum Gasteiger partial charge on any atom is -0.347 e. The summed E-state index contributed by atoms with van der Waals surface area (Å²) in [5.41, 5.74) is 1.10. The van der Waals surface area contributed by atoms with Crippen molar-refractivity contribution in [3.63, 3.8) is 0 Å². The van der Waals surface area contributed by atoms with Crippen molar-refractivity contribution < 1.29 is 4.79 Å². The molecule has 0 aliphatic rings. The summed E-state index contributed by atoms with van der Waals surface area (Å²) in [4.78, 5) is 20.5. The predicted octanol–water partition coefficient (Wildman–Crippen LogP) is 3.84. The molecule has 0 saturated carbocycles. The first kappa shape index (κ1) is 15.7. The van der Waals surface area contributed by atoms with E-state index in [-0.39, 0.29) is 22.5 Å². The largest absolute Gasteiger partial charge is 0.347 e. The molecule has 1 aromatic heterocycles. The second kappa shape index (κ2) is 6.87. The van der Waals surface area contributed by atoms with Gasteiger partial charge < -0.3 is 5.32 Å². The van der Waals surface area contributed by atoms with E-state index in [2.05, 4.69) is 15.3 Å². The molecule has 1 N–H and O–H groups in total. The Morgan fingerprint density at radius 3 is 2.76 bits per heavy atom. The van der Waals surface area contributed by atoms with Crippen LogP contribution in [0.15, 0.2) is 30.5 Å². The predicted molar refractivity (Wildman–Crippen MR) is 83.8 cm³/mol. The standard InChI is InChI=1S/C15H15Cl2N3O/c1-9(2)14-18-8-12(17)13(20-14)15(21)19-7-10-4-3-5-11(16)6-10/h3-6,8-9H,7H2,1-2H3,(H,19,21). The summed E-state index contributed by atoms with van der Waals surface area (Å²) in [7, 11) is 0. The molecule has 21 heavy (non-hydrogen) atoms. The van der Waals surface area contributed by atoms with Crippen LogP contribution in [0.4, 0.5) is 0 Å². The van der Waals surface area contributed by atoms with Gasteiger partial charge in [-0.05, 0) is 17.7 Å². The molecule has 0 unspecified atom stereocenters. The van der Waals surface area contributed by atoms with Crippen LogP contribution in [0.25, 0.3) is 0 Å². The zero-order valence-electron chi connectivity index (χ0n) is 11.7. The smallest absolute Gasteiger partial charge is 0.271 e. The number of halogens is 2. The Morgan fingerprint density at radius 1 is 1.33 bits per heavy atom. The van der Waals surface area contributed by atoms with E-state index in [0.717, 1.165) is 5.56 Å². The molecule has 0 fully saturated rings. The van der Waals surface area contributed by atoms with E-state index >= 15 is 0 Å². The minimum atomic E-state index is -0.329. The van der Waals surface area contributed by atoms with Crippen LogP contribution in [0.1, 0.15) is 41.6 Å². The zero-order chi connectivity index (χ0) is 15.4. The highest BCUT2D eigenvalue weighted by Crippen LogP contribution is 2.16. The van der Waals surface area contributed by atoms with Gasteiger partial charge >= 0.3 is 0 Å². The lowest BCUT2D eigenvalue weighted by molar-refractivity contribution is 0.0945. The normalized spacial score (nSPS) is 10.7. The topological polar surface area (TPSA) is 54.9 Å². The van der Waals surface area contributed by atoms with Crippen LogP contribution >= 0.6 is 23.2 Å². The maximum Gasteiger partial charge on any atom is 0.271 e. The quantitative estimate of drug-likeness (QED) is 0.930. The van der Waals surface area contributed by atoms with Crippen molar-refractivity contribution in [3.05, 3.63) is 57.6 Å². The Morgan fingerprint density at radius 2 is 2.10 bits per heavy atom. The Balaban J connectivity index is 2.11. The molecule has 0 aliphatic heterocycles. The van der Waals surface area contributed by atoms with Crippen LogP contribution < -0.4 is 5.32 Å². The van der Waals surface area contributed by atoms with Crippen LogP contribution in [0.5, 0.6) is 0 Å². The fourth-order valence-electron chi connectivity index (χ4n) is 1.73. The van der Waals surface area contributed by atoms with Gasteiger partial charge in [-0.25, -0.2) is 9.97 Å². The molecule has 4 nitrogen and oxygen atoms in total. The summed E-state index contributed by atoms with van der Waals surface area (Å²) in [6, 6.07) is 7.29. The molecule has 110 valence electrons. The SMILES string of the molecule is CC(C)c1ncc(Cl)c(C(=O)NCc2cccc(Cl)c2)n1. The van der Waals surface area contributed by atoms with E-state index in [4.69, 9.17) is 23.2 Å². The summed E-state index contributed by atoms with van der Waals surface area (Å²) in [5, 5.41) is 3.64. The second-order valence-electron chi connectivity index (χ2n) is 4.89. The Hall–Kier alpha value is -1.65. The minimum absolute atomic E-state index is 0.127. The van der Waals surface area contributed by atoms with Gasteiger partial charge in [0.1, 0.15) is 11.5 Å². The average Bonchev–Trinajstić information content (AvgIpc) is 2.45. The van der Waals surface area contributed by atoms with Gasteiger partial charge in [-0.1, -0.05) is 49.2 Å². The number of nitrogens with zero attached hydrogens (tertiary/aromatic N) is 2. The summed E-state index contributed by atoms with van der Waals surface area (Å²) >= 11 is 11.9. The number of rotatable bonds is 4. The first-order chi connectivity index (χ1) is 9.97. The lowest BCUT2D eigenvalue weighted by Gasteiger charge is -2.09. The summed E-state index contributed by atoms with van der Waals surface area (Å²) < 4.78 is 0. The van der Waals surface area contributed by atoms with E-state index in [1.807, 2.05) is 26.0 Å². The third kappa shape index (κ3) is 4.16. The molecule has 0 aliphatic carbocycles. The van der Waals surface area contributed by atoms with Gasteiger partial charge in [-0.15, -0.1) is 0 Å². The fourth-order valence-corrected chi connectivity index (χ4v) is 2.12. The fraction of sp³-hybridized carbons (Fsp3) is 0.267. The Labute approximate surface area is 133 Å². The number of carbonyl (C=O) groups is 1. The van der Waals surface area contributed by atoms with Gasteiger partial charge in [0, 0.05) is 17.5 Å². The van der Waals surface area contributed by atoms with Gasteiger partial charge in [0.05, 0.1) is 11.2 Å². The number of hydrogen-bond acceptors (Lipinski definition) is 3. The highest BCUT2D eigenvalue weighted by atomic mass is 35.5. The molecule has 1 amide bonds. The van der Waals surface area contributed by atoms with E-state index in [1.54, 1.807) is 12.1 Å². The second-order valence-corrected chi connectivity index (χ2v) is 5.74. The van der Waals surface area contributed by atoms with Gasteiger partial charge in [0.15, 0.2) is 0 Å². The maximum absolute atomic E-state index is 12.2. The first-order valence-electron chi connectivity index (χ1n) is 6.52. The van der Waals surface area contributed by atoms with Crippen molar-refractivity contribution >= 4 is 29.1 Å². The van der Waals surface area contributed by atoms with E-state index in [9.17, 15) is 4.79 Å². The van der Waals surface area contributed by atoms with Gasteiger partial charge in [-0.2, -0.15) is 0 Å². The molecule has 0 saturated heterocycles. The van der Waals surface area contributed by atoms with Gasteiger partial charge in [-0.3, -0.25) is 4.79 Å². The molecule has 0 bridgehead atoms. The maximum atomic E-state index is 12.2. The van der Waals surface area contributed by atoms with Crippen LogP contribution in [-0.2, 0) is 6.54 Å². The van der Waals surface area contributed by atoms with Gasteiger partial charge in [0.2, 0.25) is 0 Å². The number of nitrogens with one attached hydrogen (secondary N) is 1. The Bertz CT molecular complexity index is 659. The van der Waals surface area contributed by atoms with Crippen molar-refractivity contribution in [2.45, 2.75) is 26.3 Å². The van der Waals surface area contributed by atoms with Crippen LogP contribution in [0, 0.1) is 0 Å². The third-order valence-electron chi connectivity index (χ3n) is 2.84. The van der Waals surface area contributed by atoms with E-state index in [0.29, 0.717) is 17.4 Å². The van der Waals surface area contributed by atoms with Gasteiger partial charge in [0.25, 0.3) is 5.91 Å². The molecule has 0 radical (unpaired) electrons. The van der Waals surface area contributed by atoms with Crippen molar-refractivity contribution in [1.82, 2.24) is 15.3 Å². The number of hydrogen-bond donors (Lipinski definition) is 1. The monoisotopic (exact) mass is 323 g/mol. The third-order valence-corrected chi connectivity index (χ3v) is 3.35. The molecular formula is C15H15Cl2N3O. The van der Waals surface area contributed by atoms with Crippen LogP contribution in [0.2, 0.25) is 10.0 Å². The lowest BCUT2D eigenvalue weighted by atomic mass is 10.2. The molecule has 2 aromatic rings. The zero-order valence-corrected chi connectivity index (χ0v) is 13.2. The van der Waals surface area contributed by atoms with Crippen LogP contribution in [0.3, 0.4) is 0 Å². The summed E-state index contributed by atoms with van der Waals surface area (Å²) in [6.45, 7) is 4.27. The molecule has 0 spiro atoms. The van der Waals surface area contributed by atoms with Crippen molar-refractivity contribution in [1.29, 1.82) is 0 Å². The molecule has 0 atom stereocenters. The highest BCUT2D eigenvalue weighted by Gasteiger charge is 2.15. The Kier molecular flexibility index (Phi) is 5.15. The summed E-state index contributed by atoms with van der Waals surface area (Å²) in [5.74, 6) is 0.387. The number of amides is 1. The van der Waals surface area contributed by atoms with Crippen LogP contribution in [-0.4, -0.2) is 15.9 Å². The summed E-state index contributed by atoms with van der Waals surface area (Å²) in [6.07, 6.45) is 1.46. The molecule has 6 heteroatoms. The van der Waals surface area contributed by atoms with E-state index < -0.39 is 0 Å². The van der Waals surface area contributed by atoms with Crippen molar-refractivity contribution in [2.75, 3.05) is 0 Å². The average molecular weight is 324 g/mol. The highest BCUT2D eigenvalue weighted by molar-refractivity contribution is 6.33. The molecular weight excluding hydrogens is 309 g/mol. The number of aromatic nitrogens is 2. The molecule has 1 heterocycles. The lowest BCUT2D eigenvalue weighted by Crippen LogP contribution is -2.25. The first-order valence-corrected chi connectivity index (χ1v) is 7.28. The van der Waals surface area contributed by atoms with Crippen molar-refractivity contribution in [2.24, 2.45) is 0 Å². The van der Waals surface area contributed by atoms with Crippen molar-refractivity contribution in [3.8, 4) is 0 Å².